The standard InChI is InChI=1S/C14H18F2N4O/c1-11(17-7-2-9-20-10-8-18-19-20)12-3-5-13(6-4-12)21-14(15)16/h3-6,8,10-11,14,17H,2,7,9H2,1H3. The number of ether oxygens (including phenoxy) is 1. The fourth-order valence-corrected chi connectivity index (χ4v) is 1.97. The molecule has 0 aliphatic rings. The second-order valence-corrected chi connectivity index (χ2v) is 4.64. The van der Waals surface area contributed by atoms with Gasteiger partial charge in [-0.05, 0) is 37.6 Å². The first-order valence-electron chi connectivity index (χ1n) is 6.77. The lowest BCUT2D eigenvalue weighted by Gasteiger charge is -2.14. The molecule has 0 spiro atoms. The number of hydrogen-bond acceptors (Lipinski definition) is 4. The number of nitrogens with zero attached hydrogens (tertiary/aromatic N) is 3. The van der Waals surface area contributed by atoms with Gasteiger partial charge in [-0.2, -0.15) is 8.78 Å². The van der Waals surface area contributed by atoms with Crippen LogP contribution in [0.5, 0.6) is 5.75 Å². The fraction of sp³-hybridized carbons (Fsp3) is 0.429. The van der Waals surface area contributed by atoms with Crippen molar-refractivity contribution >= 4 is 0 Å². The molecule has 0 radical (unpaired) electrons. The molecule has 114 valence electrons. The molecule has 0 saturated carbocycles. The molecule has 1 unspecified atom stereocenters. The molecule has 0 bridgehead atoms. The van der Waals surface area contributed by atoms with Crippen LogP contribution in [0.3, 0.4) is 0 Å². The van der Waals surface area contributed by atoms with Crippen LogP contribution in [0.2, 0.25) is 0 Å². The van der Waals surface area contributed by atoms with Crippen LogP contribution >= 0.6 is 0 Å². The third-order valence-electron chi connectivity index (χ3n) is 3.09. The maximum Gasteiger partial charge on any atom is 0.387 e. The molecule has 1 heterocycles. The van der Waals surface area contributed by atoms with Gasteiger partial charge in [-0.3, -0.25) is 4.68 Å². The van der Waals surface area contributed by atoms with E-state index in [-0.39, 0.29) is 11.8 Å². The Bertz CT molecular complexity index is 516. The lowest BCUT2D eigenvalue weighted by atomic mass is 10.1. The summed E-state index contributed by atoms with van der Waals surface area (Å²) in [5, 5.41) is 11.0. The van der Waals surface area contributed by atoms with Crippen molar-refractivity contribution in [2.24, 2.45) is 0 Å². The van der Waals surface area contributed by atoms with Crippen molar-refractivity contribution in [3.8, 4) is 5.75 Å². The average Bonchev–Trinajstić information content (AvgIpc) is 2.97. The van der Waals surface area contributed by atoms with Crippen molar-refractivity contribution in [1.82, 2.24) is 20.3 Å². The molecule has 1 aromatic heterocycles. The number of aromatic nitrogens is 3. The molecule has 2 rings (SSSR count). The van der Waals surface area contributed by atoms with E-state index in [9.17, 15) is 8.78 Å². The van der Waals surface area contributed by atoms with Crippen molar-refractivity contribution in [2.45, 2.75) is 32.5 Å². The topological polar surface area (TPSA) is 52.0 Å². The zero-order chi connectivity index (χ0) is 15.1. The van der Waals surface area contributed by atoms with E-state index in [1.165, 1.54) is 0 Å². The van der Waals surface area contributed by atoms with Gasteiger partial charge in [0, 0.05) is 18.8 Å². The minimum absolute atomic E-state index is 0.140. The Morgan fingerprint density at radius 3 is 2.67 bits per heavy atom. The largest absolute Gasteiger partial charge is 0.435 e. The number of benzene rings is 1. The van der Waals surface area contributed by atoms with E-state index in [0.717, 1.165) is 25.1 Å². The van der Waals surface area contributed by atoms with Crippen LogP contribution < -0.4 is 10.1 Å². The molecular formula is C14H18F2N4O. The minimum atomic E-state index is -2.79. The molecule has 0 aliphatic heterocycles. The summed E-state index contributed by atoms with van der Waals surface area (Å²) in [5.74, 6) is 0.173. The third kappa shape index (κ3) is 5.11. The summed E-state index contributed by atoms with van der Waals surface area (Å²) >= 11 is 0. The van der Waals surface area contributed by atoms with Crippen LogP contribution in [0, 0.1) is 0 Å². The zero-order valence-electron chi connectivity index (χ0n) is 11.7. The quantitative estimate of drug-likeness (QED) is 0.761. The van der Waals surface area contributed by atoms with Gasteiger partial charge in [0.2, 0.25) is 0 Å². The molecule has 5 nitrogen and oxygen atoms in total. The molecule has 1 N–H and O–H groups in total. The first-order valence-corrected chi connectivity index (χ1v) is 6.77. The molecule has 1 aromatic carbocycles. The Balaban J connectivity index is 1.73. The summed E-state index contributed by atoms with van der Waals surface area (Å²) in [5.41, 5.74) is 1.03. The third-order valence-corrected chi connectivity index (χ3v) is 3.09. The Kier molecular flexibility index (Phi) is 5.62. The van der Waals surface area contributed by atoms with Gasteiger partial charge in [-0.1, -0.05) is 17.3 Å². The first kappa shape index (κ1) is 15.4. The van der Waals surface area contributed by atoms with Crippen LogP contribution in [0.25, 0.3) is 0 Å². The number of hydrogen-bond donors (Lipinski definition) is 1. The summed E-state index contributed by atoms with van der Waals surface area (Å²) in [6.45, 7) is 0.874. The molecule has 1 atom stereocenters. The normalized spacial score (nSPS) is 12.6. The highest BCUT2D eigenvalue weighted by Crippen LogP contribution is 2.19. The summed E-state index contributed by atoms with van der Waals surface area (Å²) in [6, 6.07) is 6.81. The van der Waals surface area contributed by atoms with Crippen LogP contribution in [0.1, 0.15) is 24.9 Å². The number of alkyl halides is 2. The summed E-state index contributed by atoms with van der Waals surface area (Å²) in [4.78, 5) is 0. The second kappa shape index (κ2) is 7.68. The van der Waals surface area contributed by atoms with Crippen LogP contribution in [0.4, 0.5) is 8.78 Å². The van der Waals surface area contributed by atoms with Crippen LogP contribution in [0.15, 0.2) is 36.7 Å². The number of nitrogens with one attached hydrogen (secondary N) is 1. The maximum absolute atomic E-state index is 12.1. The molecular weight excluding hydrogens is 278 g/mol. The van der Waals surface area contributed by atoms with E-state index in [4.69, 9.17) is 0 Å². The predicted octanol–water partition coefficient (Wildman–Crippen LogP) is 2.62. The highest BCUT2D eigenvalue weighted by Gasteiger charge is 2.07. The summed E-state index contributed by atoms with van der Waals surface area (Å²) in [7, 11) is 0. The average molecular weight is 296 g/mol. The fourth-order valence-electron chi connectivity index (χ4n) is 1.97. The summed E-state index contributed by atoms with van der Waals surface area (Å²) < 4.78 is 30.2. The van der Waals surface area contributed by atoms with Gasteiger partial charge < -0.3 is 10.1 Å². The summed E-state index contributed by atoms with van der Waals surface area (Å²) in [6.07, 6.45) is 4.41. The lowest BCUT2D eigenvalue weighted by Crippen LogP contribution is -2.21. The van der Waals surface area contributed by atoms with Crippen molar-refractivity contribution < 1.29 is 13.5 Å². The van der Waals surface area contributed by atoms with Gasteiger partial charge in [0.25, 0.3) is 0 Å². The molecule has 7 heteroatoms. The molecule has 0 aliphatic carbocycles. The first-order chi connectivity index (χ1) is 10.1. The molecule has 21 heavy (non-hydrogen) atoms. The lowest BCUT2D eigenvalue weighted by molar-refractivity contribution is -0.0498. The van der Waals surface area contributed by atoms with E-state index >= 15 is 0 Å². The predicted molar refractivity (Wildman–Crippen MR) is 74.1 cm³/mol. The van der Waals surface area contributed by atoms with Gasteiger partial charge >= 0.3 is 6.61 Å². The molecule has 0 saturated heterocycles. The zero-order valence-corrected chi connectivity index (χ0v) is 11.7. The highest BCUT2D eigenvalue weighted by molar-refractivity contribution is 5.28. The van der Waals surface area contributed by atoms with Gasteiger partial charge in [-0.25, -0.2) is 0 Å². The Labute approximate surface area is 121 Å². The van der Waals surface area contributed by atoms with Gasteiger partial charge in [0.15, 0.2) is 0 Å². The van der Waals surface area contributed by atoms with Crippen molar-refractivity contribution in [1.29, 1.82) is 0 Å². The highest BCUT2D eigenvalue weighted by atomic mass is 19.3. The smallest absolute Gasteiger partial charge is 0.387 e. The number of halogens is 2. The molecule has 0 fully saturated rings. The van der Waals surface area contributed by atoms with E-state index in [1.807, 2.05) is 13.1 Å². The van der Waals surface area contributed by atoms with Gasteiger partial charge in [-0.15, -0.1) is 5.10 Å². The van der Waals surface area contributed by atoms with Crippen LogP contribution in [-0.2, 0) is 6.54 Å². The Hall–Kier alpha value is -2.02. The van der Waals surface area contributed by atoms with E-state index in [2.05, 4.69) is 20.4 Å². The minimum Gasteiger partial charge on any atom is -0.435 e. The number of rotatable bonds is 8. The van der Waals surface area contributed by atoms with Gasteiger partial charge in [0.05, 0.1) is 6.20 Å². The van der Waals surface area contributed by atoms with E-state index < -0.39 is 6.61 Å². The Morgan fingerprint density at radius 1 is 1.29 bits per heavy atom. The van der Waals surface area contributed by atoms with Crippen molar-refractivity contribution in [3.63, 3.8) is 0 Å². The second-order valence-electron chi connectivity index (χ2n) is 4.64. The molecule has 0 amide bonds. The maximum atomic E-state index is 12.1. The van der Waals surface area contributed by atoms with Crippen molar-refractivity contribution in [2.75, 3.05) is 6.54 Å². The van der Waals surface area contributed by atoms with Crippen LogP contribution in [-0.4, -0.2) is 28.2 Å². The Morgan fingerprint density at radius 2 is 2.05 bits per heavy atom. The molecule has 2 aromatic rings. The van der Waals surface area contributed by atoms with E-state index in [1.54, 1.807) is 35.1 Å². The van der Waals surface area contributed by atoms with Gasteiger partial charge in [0.1, 0.15) is 5.75 Å². The van der Waals surface area contributed by atoms with E-state index in [0.29, 0.717) is 0 Å². The monoisotopic (exact) mass is 296 g/mol. The number of aryl methyl sites for hydroxylation is 1. The SMILES string of the molecule is CC(NCCCn1ccnn1)c1ccc(OC(F)F)cc1. The van der Waals surface area contributed by atoms with Crippen molar-refractivity contribution in [3.05, 3.63) is 42.2 Å².